The molecule has 0 saturated carbocycles. The van der Waals surface area contributed by atoms with E-state index in [9.17, 15) is 14.3 Å². The lowest BCUT2D eigenvalue weighted by atomic mass is 9.77. The molecule has 7 nitrogen and oxygen atoms in total. The Morgan fingerprint density at radius 1 is 1.46 bits per heavy atom. The minimum absolute atomic E-state index is 0.176. The fraction of sp³-hybridized carbons (Fsp3) is 0.611. The molecule has 1 N–H and O–H groups in total. The second kappa shape index (κ2) is 6.49. The lowest BCUT2D eigenvalue weighted by molar-refractivity contribution is -0.141. The third-order valence-corrected chi connectivity index (χ3v) is 4.64. The molecule has 0 spiro atoms. The molecule has 3 heterocycles. The van der Waals surface area contributed by atoms with Crippen molar-refractivity contribution < 1.29 is 23.8 Å². The second-order valence-electron chi connectivity index (χ2n) is 7.84. The Morgan fingerprint density at radius 3 is 2.58 bits per heavy atom. The highest BCUT2D eigenvalue weighted by Gasteiger charge is 2.50. The van der Waals surface area contributed by atoms with Gasteiger partial charge >= 0.3 is 6.09 Å². The lowest BCUT2D eigenvalue weighted by Gasteiger charge is -2.51. The van der Waals surface area contributed by atoms with Gasteiger partial charge in [-0.2, -0.15) is 5.26 Å². The molecule has 2 unspecified atom stereocenters. The van der Waals surface area contributed by atoms with Crippen molar-refractivity contribution in [3.63, 3.8) is 0 Å². The summed E-state index contributed by atoms with van der Waals surface area (Å²) in [5.41, 5.74) is -1.98. The molecule has 140 valence electrons. The summed E-state index contributed by atoms with van der Waals surface area (Å²) in [6.07, 6.45) is 1.23. The van der Waals surface area contributed by atoms with Crippen LogP contribution in [0.5, 0.6) is 0 Å². The molecule has 0 aromatic carbocycles. The van der Waals surface area contributed by atoms with Crippen molar-refractivity contribution in [1.29, 1.82) is 5.26 Å². The summed E-state index contributed by atoms with van der Waals surface area (Å²) in [6.45, 7) is 5.92. The zero-order valence-corrected chi connectivity index (χ0v) is 15.0. The number of pyridine rings is 1. The summed E-state index contributed by atoms with van der Waals surface area (Å²) in [5.74, 6) is -0.769. The topological polar surface area (TPSA) is 95.7 Å². The molecule has 2 bridgehead atoms. The number of nitrogens with zero attached hydrogens (tertiary/aromatic N) is 3. The van der Waals surface area contributed by atoms with Gasteiger partial charge in [0.05, 0.1) is 30.9 Å². The molecule has 1 aromatic heterocycles. The predicted octanol–water partition coefficient (Wildman–Crippen LogP) is 2.08. The second-order valence-corrected chi connectivity index (χ2v) is 7.84. The summed E-state index contributed by atoms with van der Waals surface area (Å²) in [4.78, 5) is 18.0. The number of piperidine rings is 1. The summed E-state index contributed by atoms with van der Waals surface area (Å²) >= 11 is 0. The summed E-state index contributed by atoms with van der Waals surface area (Å²) in [6, 6.07) is 2.03. The Hall–Kier alpha value is -2.24. The van der Waals surface area contributed by atoms with E-state index >= 15 is 0 Å². The van der Waals surface area contributed by atoms with Crippen molar-refractivity contribution in [2.45, 2.75) is 56.9 Å². The fourth-order valence-corrected chi connectivity index (χ4v) is 3.60. The van der Waals surface area contributed by atoms with Crippen molar-refractivity contribution in [2.24, 2.45) is 0 Å². The van der Waals surface area contributed by atoms with Gasteiger partial charge in [0.2, 0.25) is 0 Å². The standard InChI is InChI=1S/C18H22FN3O4/c1-17(2,3)26-16(23)22-12-5-18(24,6-13(22)10-25-9-12)11-4-14(19)15(7-20)21-8-11/h4,8,12-13,24H,5-6,9-10H2,1-3H3. The molecule has 1 aromatic rings. The van der Waals surface area contributed by atoms with E-state index < -0.39 is 23.1 Å². The number of hydrogen-bond acceptors (Lipinski definition) is 6. The molecule has 0 radical (unpaired) electrons. The zero-order valence-electron chi connectivity index (χ0n) is 15.0. The fourth-order valence-electron chi connectivity index (χ4n) is 3.60. The van der Waals surface area contributed by atoms with Gasteiger partial charge in [-0.1, -0.05) is 0 Å². The maximum Gasteiger partial charge on any atom is 0.410 e. The molecule has 26 heavy (non-hydrogen) atoms. The predicted molar refractivity (Wildman–Crippen MR) is 88.5 cm³/mol. The van der Waals surface area contributed by atoms with Crippen LogP contribution >= 0.6 is 0 Å². The molecule has 3 rings (SSSR count). The van der Waals surface area contributed by atoms with Crippen LogP contribution in [0.15, 0.2) is 12.3 Å². The van der Waals surface area contributed by atoms with Crippen LogP contribution in [0.3, 0.4) is 0 Å². The van der Waals surface area contributed by atoms with Gasteiger partial charge in [-0.25, -0.2) is 14.2 Å². The van der Waals surface area contributed by atoms with E-state index in [2.05, 4.69) is 4.98 Å². The van der Waals surface area contributed by atoms with Crippen molar-refractivity contribution in [1.82, 2.24) is 9.88 Å². The number of nitriles is 1. The van der Waals surface area contributed by atoms with E-state index in [1.807, 2.05) is 0 Å². The quantitative estimate of drug-likeness (QED) is 0.821. The number of rotatable bonds is 1. The van der Waals surface area contributed by atoms with Crippen molar-refractivity contribution in [3.05, 3.63) is 29.3 Å². The van der Waals surface area contributed by atoms with Gasteiger partial charge in [0.25, 0.3) is 0 Å². The number of morpholine rings is 1. The van der Waals surface area contributed by atoms with E-state index in [1.54, 1.807) is 31.7 Å². The number of carbonyl (C=O) groups excluding carboxylic acids is 1. The van der Waals surface area contributed by atoms with Gasteiger partial charge in [-0.3, -0.25) is 4.90 Å². The van der Waals surface area contributed by atoms with E-state index in [-0.39, 0.29) is 43.8 Å². The normalized spacial score (nSPS) is 28.4. The van der Waals surface area contributed by atoms with E-state index in [1.165, 1.54) is 6.20 Å². The van der Waals surface area contributed by atoms with Gasteiger partial charge in [0, 0.05) is 24.6 Å². The molecule has 8 heteroatoms. The van der Waals surface area contributed by atoms with Gasteiger partial charge in [0.1, 0.15) is 11.7 Å². The lowest BCUT2D eigenvalue weighted by Crippen LogP contribution is -2.63. The smallest absolute Gasteiger partial charge is 0.410 e. The first-order valence-electron chi connectivity index (χ1n) is 8.50. The van der Waals surface area contributed by atoms with Crippen LogP contribution in [-0.4, -0.2) is 52.0 Å². The van der Waals surface area contributed by atoms with Crippen molar-refractivity contribution in [3.8, 4) is 6.07 Å². The van der Waals surface area contributed by atoms with Crippen molar-refractivity contribution in [2.75, 3.05) is 13.2 Å². The average Bonchev–Trinajstić information content (AvgIpc) is 2.52. The number of aromatic nitrogens is 1. The highest BCUT2D eigenvalue weighted by Crippen LogP contribution is 2.41. The molecule has 2 aliphatic rings. The number of ether oxygens (including phenoxy) is 2. The Balaban J connectivity index is 1.86. The Kier molecular flexibility index (Phi) is 4.63. The molecule has 2 aliphatic heterocycles. The van der Waals surface area contributed by atoms with Crippen LogP contribution in [-0.2, 0) is 15.1 Å². The molecular weight excluding hydrogens is 341 g/mol. The molecule has 2 atom stereocenters. The summed E-state index contributed by atoms with van der Waals surface area (Å²) < 4.78 is 25.0. The largest absolute Gasteiger partial charge is 0.444 e. The third kappa shape index (κ3) is 3.50. The van der Waals surface area contributed by atoms with E-state index in [0.29, 0.717) is 5.56 Å². The van der Waals surface area contributed by atoms with Crippen LogP contribution < -0.4 is 0 Å². The number of amides is 1. The molecule has 1 amide bonds. The van der Waals surface area contributed by atoms with Crippen molar-refractivity contribution >= 4 is 6.09 Å². The van der Waals surface area contributed by atoms with Gasteiger partial charge in [-0.05, 0) is 26.8 Å². The molecular formula is C18H22FN3O4. The highest BCUT2D eigenvalue weighted by molar-refractivity contribution is 5.69. The van der Waals surface area contributed by atoms with Crippen LogP contribution in [0.1, 0.15) is 44.9 Å². The zero-order chi connectivity index (χ0) is 19.1. The Bertz CT molecular complexity index is 742. The number of carbonyl (C=O) groups is 1. The summed E-state index contributed by atoms with van der Waals surface area (Å²) in [5, 5.41) is 20.0. The van der Waals surface area contributed by atoms with Gasteiger partial charge < -0.3 is 14.6 Å². The molecule has 0 aliphatic carbocycles. The van der Waals surface area contributed by atoms with Gasteiger partial charge in [-0.15, -0.1) is 0 Å². The first-order valence-corrected chi connectivity index (χ1v) is 8.50. The Labute approximate surface area is 151 Å². The first-order chi connectivity index (χ1) is 12.1. The minimum Gasteiger partial charge on any atom is -0.444 e. The summed E-state index contributed by atoms with van der Waals surface area (Å²) in [7, 11) is 0. The van der Waals surface area contributed by atoms with Gasteiger partial charge in [0.15, 0.2) is 11.5 Å². The van der Waals surface area contributed by atoms with Crippen LogP contribution in [0.2, 0.25) is 0 Å². The SMILES string of the molecule is CC(C)(C)OC(=O)N1C2COCC1CC(O)(c1cnc(C#N)c(F)c1)C2. The first kappa shape index (κ1) is 18.5. The minimum atomic E-state index is -1.35. The Morgan fingerprint density at radius 2 is 2.08 bits per heavy atom. The average molecular weight is 363 g/mol. The van der Waals surface area contributed by atoms with E-state index in [4.69, 9.17) is 14.7 Å². The highest BCUT2D eigenvalue weighted by atomic mass is 19.1. The number of halogens is 1. The van der Waals surface area contributed by atoms with E-state index in [0.717, 1.165) is 6.07 Å². The van der Waals surface area contributed by atoms with Crippen LogP contribution in [0.4, 0.5) is 9.18 Å². The number of aliphatic hydroxyl groups is 1. The number of hydrogen-bond donors (Lipinski definition) is 1. The third-order valence-electron chi connectivity index (χ3n) is 4.64. The van der Waals surface area contributed by atoms with Crippen LogP contribution in [0.25, 0.3) is 0 Å². The molecule has 2 fully saturated rings. The maximum absolute atomic E-state index is 14.0. The monoisotopic (exact) mass is 363 g/mol. The van der Waals surface area contributed by atoms with Crippen LogP contribution in [0, 0.1) is 17.1 Å². The number of fused-ring (bicyclic) bond motifs is 2. The maximum atomic E-state index is 14.0. The molecule has 2 saturated heterocycles.